The molecular weight excluding hydrogens is 533 g/mol. The van der Waals surface area contributed by atoms with E-state index in [4.69, 9.17) is 9.73 Å². The van der Waals surface area contributed by atoms with E-state index in [0.29, 0.717) is 38.7 Å². The first-order chi connectivity index (χ1) is 13.8. The van der Waals surface area contributed by atoms with Crippen LogP contribution in [0, 0.1) is 5.92 Å². The van der Waals surface area contributed by atoms with Gasteiger partial charge in [-0.15, -0.1) is 24.0 Å². The van der Waals surface area contributed by atoms with Gasteiger partial charge in [-0.05, 0) is 52.9 Å². The van der Waals surface area contributed by atoms with Crippen molar-refractivity contribution in [3.05, 3.63) is 0 Å². The summed E-state index contributed by atoms with van der Waals surface area (Å²) in [5, 5.41) is 9.55. The molecule has 1 rings (SSSR count). The summed E-state index contributed by atoms with van der Waals surface area (Å²) in [5.74, 6) is 0.901. The smallest absolute Gasteiger partial charge is 0.408 e. The molecule has 0 bridgehead atoms. The predicted molar refractivity (Wildman–Crippen MR) is 137 cm³/mol. The SMILES string of the molecule is CCNC(=NCC(CC)(CC)NC(=O)OC(C)(C)C)NCC1CCN(S(C)(=O)=O)C1.I. The Morgan fingerprint density at radius 2 is 1.77 bits per heavy atom. The lowest BCUT2D eigenvalue weighted by Gasteiger charge is -2.32. The van der Waals surface area contributed by atoms with Gasteiger partial charge in [0.25, 0.3) is 0 Å². The Bertz CT molecular complexity index is 690. The third-order valence-corrected chi connectivity index (χ3v) is 6.55. The van der Waals surface area contributed by atoms with Gasteiger partial charge in [-0.25, -0.2) is 17.5 Å². The van der Waals surface area contributed by atoms with Crippen LogP contribution in [0.3, 0.4) is 0 Å². The number of halogens is 1. The van der Waals surface area contributed by atoms with Gasteiger partial charge in [-0.2, -0.15) is 0 Å². The lowest BCUT2D eigenvalue weighted by Crippen LogP contribution is -2.52. The summed E-state index contributed by atoms with van der Waals surface area (Å²) in [6.07, 6.45) is 3.08. The lowest BCUT2D eigenvalue weighted by atomic mass is 9.93. The van der Waals surface area contributed by atoms with E-state index in [9.17, 15) is 13.2 Å². The van der Waals surface area contributed by atoms with Crippen LogP contribution in [0.25, 0.3) is 0 Å². The Kier molecular flexibility index (Phi) is 12.7. The molecule has 0 aliphatic carbocycles. The molecule has 1 fully saturated rings. The topological polar surface area (TPSA) is 112 Å². The molecule has 3 N–H and O–H groups in total. The van der Waals surface area contributed by atoms with Crippen molar-refractivity contribution in [1.82, 2.24) is 20.3 Å². The number of nitrogens with zero attached hydrogens (tertiary/aromatic N) is 2. The van der Waals surface area contributed by atoms with Gasteiger partial charge in [0.15, 0.2) is 5.96 Å². The summed E-state index contributed by atoms with van der Waals surface area (Å²) in [6, 6.07) is 0. The van der Waals surface area contributed by atoms with Gasteiger partial charge in [0.2, 0.25) is 10.0 Å². The number of aliphatic imine (C=N–C) groups is 1. The standard InChI is InChI=1S/C20H41N5O4S.HI/c1-8-20(9-2,24-18(26)29-19(4,5)6)15-23-17(21-10-3)22-13-16-11-12-25(14-16)30(7,27)28;/h16H,8-15H2,1-7H3,(H,24,26)(H2,21,22,23);1H. The molecule has 0 saturated carbocycles. The first kappa shape index (κ1) is 30.2. The summed E-state index contributed by atoms with van der Waals surface area (Å²) >= 11 is 0. The minimum atomic E-state index is -3.14. The monoisotopic (exact) mass is 575 g/mol. The molecule has 1 heterocycles. The van der Waals surface area contributed by atoms with E-state index < -0.39 is 27.3 Å². The van der Waals surface area contributed by atoms with Crippen molar-refractivity contribution in [1.29, 1.82) is 0 Å². The van der Waals surface area contributed by atoms with Crippen molar-refractivity contribution in [2.45, 2.75) is 71.9 Å². The maximum absolute atomic E-state index is 12.3. The molecule has 9 nitrogen and oxygen atoms in total. The van der Waals surface area contributed by atoms with Crippen LogP contribution in [-0.2, 0) is 14.8 Å². The van der Waals surface area contributed by atoms with Crippen LogP contribution in [0.1, 0.15) is 60.8 Å². The third kappa shape index (κ3) is 11.0. The van der Waals surface area contributed by atoms with E-state index >= 15 is 0 Å². The molecule has 0 aromatic heterocycles. The number of ether oxygens (including phenoxy) is 1. The first-order valence-electron chi connectivity index (χ1n) is 10.8. The third-order valence-electron chi connectivity index (χ3n) is 5.28. The second-order valence-electron chi connectivity index (χ2n) is 8.97. The van der Waals surface area contributed by atoms with Crippen molar-refractivity contribution in [2.75, 3.05) is 39.0 Å². The molecule has 1 unspecified atom stereocenters. The number of carbonyl (C=O) groups excluding carboxylic acids is 1. The van der Waals surface area contributed by atoms with E-state index in [0.717, 1.165) is 19.3 Å². The van der Waals surface area contributed by atoms with Crippen molar-refractivity contribution in [2.24, 2.45) is 10.9 Å². The molecule has 1 atom stereocenters. The average molecular weight is 576 g/mol. The van der Waals surface area contributed by atoms with Crippen LogP contribution >= 0.6 is 24.0 Å². The van der Waals surface area contributed by atoms with Crippen LogP contribution in [0.4, 0.5) is 4.79 Å². The number of hydrogen-bond donors (Lipinski definition) is 3. The lowest BCUT2D eigenvalue weighted by molar-refractivity contribution is 0.0452. The fourth-order valence-corrected chi connectivity index (χ4v) is 4.21. The Hall–Kier alpha value is -0.820. The van der Waals surface area contributed by atoms with E-state index in [1.165, 1.54) is 10.6 Å². The fraction of sp³-hybridized carbons (Fsp3) is 0.900. The average Bonchev–Trinajstić information content (AvgIpc) is 3.11. The Morgan fingerprint density at radius 3 is 2.23 bits per heavy atom. The van der Waals surface area contributed by atoms with E-state index in [2.05, 4.69) is 16.0 Å². The molecule has 0 aromatic rings. The Labute approximate surface area is 205 Å². The number of guanidine groups is 1. The molecule has 1 aliphatic rings. The summed E-state index contributed by atoms with van der Waals surface area (Å²) in [5.41, 5.74) is -1.05. The number of sulfonamides is 1. The predicted octanol–water partition coefficient (Wildman–Crippen LogP) is 2.52. The quantitative estimate of drug-likeness (QED) is 0.221. The van der Waals surface area contributed by atoms with Crippen molar-refractivity contribution >= 4 is 46.1 Å². The number of amides is 1. The highest BCUT2D eigenvalue weighted by Crippen LogP contribution is 2.19. The van der Waals surface area contributed by atoms with Crippen molar-refractivity contribution in [3.63, 3.8) is 0 Å². The van der Waals surface area contributed by atoms with E-state index in [1.54, 1.807) is 0 Å². The van der Waals surface area contributed by atoms with Gasteiger partial charge < -0.3 is 20.7 Å². The van der Waals surface area contributed by atoms with Gasteiger partial charge in [0.1, 0.15) is 5.60 Å². The molecule has 1 amide bonds. The maximum atomic E-state index is 12.3. The van der Waals surface area contributed by atoms with Crippen LogP contribution in [0.5, 0.6) is 0 Å². The summed E-state index contributed by atoms with van der Waals surface area (Å²) in [4.78, 5) is 17.0. The molecular formula is C20H42IN5O4S. The molecule has 31 heavy (non-hydrogen) atoms. The van der Waals surface area contributed by atoms with Gasteiger partial charge >= 0.3 is 6.09 Å². The highest BCUT2D eigenvalue weighted by atomic mass is 127. The highest BCUT2D eigenvalue weighted by Gasteiger charge is 2.31. The molecule has 0 aromatic carbocycles. The second-order valence-corrected chi connectivity index (χ2v) is 10.9. The molecule has 0 radical (unpaired) electrons. The van der Waals surface area contributed by atoms with Gasteiger partial charge in [-0.3, -0.25) is 4.99 Å². The Balaban J connectivity index is 0.00000900. The number of hydrogen-bond acceptors (Lipinski definition) is 5. The fourth-order valence-electron chi connectivity index (χ4n) is 3.29. The van der Waals surface area contributed by atoms with Crippen LogP contribution in [-0.4, -0.2) is 74.9 Å². The van der Waals surface area contributed by atoms with Crippen molar-refractivity contribution in [3.8, 4) is 0 Å². The van der Waals surface area contributed by atoms with Crippen LogP contribution in [0.15, 0.2) is 4.99 Å². The minimum absolute atomic E-state index is 0. The zero-order chi connectivity index (χ0) is 23.0. The summed E-state index contributed by atoms with van der Waals surface area (Å²) in [7, 11) is -3.14. The Morgan fingerprint density at radius 1 is 1.16 bits per heavy atom. The molecule has 1 saturated heterocycles. The first-order valence-corrected chi connectivity index (χ1v) is 12.7. The van der Waals surface area contributed by atoms with Gasteiger partial charge in [0.05, 0.1) is 18.3 Å². The normalized spacial score (nSPS) is 18.3. The van der Waals surface area contributed by atoms with E-state index in [1.807, 2.05) is 41.5 Å². The number of carbonyl (C=O) groups is 1. The van der Waals surface area contributed by atoms with Crippen LogP contribution in [0.2, 0.25) is 0 Å². The molecule has 0 spiro atoms. The summed E-state index contributed by atoms with van der Waals surface area (Å²) in [6.45, 7) is 14.4. The zero-order valence-electron chi connectivity index (χ0n) is 20.1. The number of alkyl carbamates (subject to hydrolysis) is 1. The number of nitrogens with one attached hydrogen (secondary N) is 3. The molecule has 184 valence electrons. The van der Waals surface area contributed by atoms with E-state index in [-0.39, 0.29) is 29.9 Å². The molecule has 11 heteroatoms. The van der Waals surface area contributed by atoms with Crippen molar-refractivity contribution < 1.29 is 17.9 Å². The van der Waals surface area contributed by atoms with Gasteiger partial charge in [-0.1, -0.05) is 13.8 Å². The summed E-state index contributed by atoms with van der Waals surface area (Å²) < 4.78 is 30.3. The second kappa shape index (κ2) is 13.0. The zero-order valence-corrected chi connectivity index (χ0v) is 23.2. The maximum Gasteiger partial charge on any atom is 0.408 e. The molecule has 1 aliphatic heterocycles. The van der Waals surface area contributed by atoms with Crippen LogP contribution < -0.4 is 16.0 Å². The number of rotatable bonds is 9. The minimum Gasteiger partial charge on any atom is -0.444 e. The van der Waals surface area contributed by atoms with Gasteiger partial charge in [0, 0.05) is 26.2 Å². The highest BCUT2D eigenvalue weighted by molar-refractivity contribution is 14.0. The largest absolute Gasteiger partial charge is 0.444 e.